The van der Waals surface area contributed by atoms with Gasteiger partial charge in [0.05, 0.1) is 5.56 Å². The number of nitrogens with zero attached hydrogens (tertiary/aromatic N) is 1. The number of aryl methyl sites for hydroxylation is 1. The third-order valence-corrected chi connectivity index (χ3v) is 7.25. The van der Waals surface area contributed by atoms with E-state index in [-0.39, 0.29) is 24.2 Å². The number of amides is 1. The highest BCUT2D eigenvalue weighted by atomic mass is 35.5. The van der Waals surface area contributed by atoms with E-state index in [1.807, 2.05) is 4.90 Å². The van der Waals surface area contributed by atoms with Crippen molar-refractivity contribution in [3.63, 3.8) is 0 Å². The minimum absolute atomic E-state index is 0.00337. The molecule has 0 spiro atoms. The maximum Gasteiger partial charge on any atom is 0.416 e. The molecule has 0 aromatic heterocycles. The molecule has 1 heterocycles. The van der Waals surface area contributed by atoms with E-state index >= 15 is 0 Å². The van der Waals surface area contributed by atoms with Crippen LogP contribution in [0.3, 0.4) is 0 Å². The molecule has 1 aliphatic heterocycles. The monoisotopic (exact) mass is 501 g/mol. The van der Waals surface area contributed by atoms with Gasteiger partial charge in [-0.2, -0.15) is 13.2 Å². The Kier molecular flexibility index (Phi) is 8.69. The lowest BCUT2D eigenvalue weighted by Gasteiger charge is -2.29. The molecule has 0 saturated carbocycles. The quantitative estimate of drug-likeness (QED) is 0.560. The van der Waals surface area contributed by atoms with Gasteiger partial charge in [-0.05, 0) is 66.5 Å². The maximum atomic E-state index is 13.9. The van der Waals surface area contributed by atoms with Crippen LogP contribution in [0.15, 0.2) is 35.2 Å². The molecule has 5 nitrogen and oxygen atoms in total. The standard InChI is InChI=1S/C23H27ClF3N3O2S/c1-3-33(32)21-5-4-18(24)11-17(21)13-29-22(31)16-10-15(2)19(20(12-16)23(25,26)27)14-30-8-6-28-7-9-30/h4-5,10-12,28H,3,6-9,13-14H2,1-2H3,(H,29,31). The second kappa shape index (κ2) is 11.1. The first-order valence-corrected chi connectivity index (χ1v) is 12.4. The summed E-state index contributed by atoms with van der Waals surface area (Å²) >= 11 is 4.78. The number of piperazine rings is 1. The number of carbonyl (C=O) groups is 1. The Labute approximate surface area is 199 Å². The predicted octanol–water partition coefficient (Wildman–Crippen LogP) is 4.13. The highest BCUT2D eigenvalue weighted by molar-refractivity contribution is 7.91. The predicted molar refractivity (Wildman–Crippen MR) is 124 cm³/mol. The van der Waals surface area contributed by atoms with Crippen molar-refractivity contribution in [1.29, 1.82) is 0 Å². The summed E-state index contributed by atoms with van der Waals surface area (Å²) in [4.78, 5) is 15.3. The fourth-order valence-corrected chi connectivity index (χ4v) is 4.99. The summed E-state index contributed by atoms with van der Waals surface area (Å²) in [6.07, 6.45) is -4.58. The fourth-order valence-electron chi connectivity index (χ4n) is 3.85. The van der Waals surface area contributed by atoms with Crippen LogP contribution in [0.4, 0.5) is 13.2 Å². The SMILES string of the molecule is CC[S+]([O-])c1ccc(Cl)cc1CNC(=O)c1cc(C)c(CN2CCNCC2)c(C(F)(F)F)c1. The highest BCUT2D eigenvalue weighted by Crippen LogP contribution is 2.35. The molecule has 2 aromatic carbocycles. The molecule has 0 radical (unpaired) electrons. The lowest BCUT2D eigenvalue weighted by Crippen LogP contribution is -2.43. The summed E-state index contributed by atoms with van der Waals surface area (Å²) in [6.45, 7) is 6.35. The van der Waals surface area contributed by atoms with Gasteiger partial charge in [0.25, 0.3) is 5.91 Å². The smallest absolute Gasteiger partial charge is 0.416 e. The first-order chi connectivity index (χ1) is 15.6. The molecular weight excluding hydrogens is 475 g/mol. The van der Waals surface area contributed by atoms with E-state index in [4.69, 9.17) is 11.6 Å². The van der Waals surface area contributed by atoms with Crippen LogP contribution >= 0.6 is 11.6 Å². The van der Waals surface area contributed by atoms with Crippen molar-refractivity contribution in [2.75, 3.05) is 31.9 Å². The minimum Gasteiger partial charge on any atom is -0.611 e. The number of halogens is 4. The zero-order valence-corrected chi connectivity index (χ0v) is 20.1. The highest BCUT2D eigenvalue weighted by Gasteiger charge is 2.35. The Morgan fingerprint density at radius 2 is 1.94 bits per heavy atom. The lowest BCUT2D eigenvalue weighted by molar-refractivity contribution is -0.138. The van der Waals surface area contributed by atoms with Crippen molar-refractivity contribution in [2.24, 2.45) is 0 Å². The molecule has 10 heteroatoms. The molecule has 0 aliphatic carbocycles. The lowest BCUT2D eigenvalue weighted by atomic mass is 9.96. The normalized spacial score (nSPS) is 16.0. The number of nitrogens with one attached hydrogen (secondary N) is 2. The van der Waals surface area contributed by atoms with Gasteiger partial charge in [-0.15, -0.1) is 0 Å². The van der Waals surface area contributed by atoms with Crippen molar-refractivity contribution >= 4 is 28.7 Å². The molecule has 1 aliphatic rings. The molecule has 180 valence electrons. The second-order valence-corrected chi connectivity index (χ2v) is 10.1. The van der Waals surface area contributed by atoms with Gasteiger partial charge in [0, 0.05) is 55.4 Å². The third-order valence-electron chi connectivity index (χ3n) is 5.60. The van der Waals surface area contributed by atoms with Crippen molar-refractivity contribution < 1.29 is 22.5 Å². The van der Waals surface area contributed by atoms with Gasteiger partial charge < -0.3 is 15.2 Å². The molecule has 1 amide bonds. The molecule has 33 heavy (non-hydrogen) atoms. The second-order valence-electron chi connectivity index (χ2n) is 7.91. The Hall–Kier alpha value is -1.78. The molecule has 1 saturated heterocycles. The molecular formula is C23H27ClF3N3O2S. The van der Waals surface area contributed by atoms with E-state index in [0.717, 1.165) is 19.2 Å². The zero-order valence-electron chi connectivity index (χ0n) is 18.5. The van der Waals surface area contributed by atoms with Gasteiger partial charge in [-0.25, -0.2) is 0 Å². The van der Waals surface area contributed by atoms with Crippen molar-refractivity contribution in [2.45, 2.75) is 38.0 Å². The molecule has 1 unspecified atom stereocenters. The summed E-state index contributed by atoms with van der Waals surface area (Å²) in [6, 6.07) is 7.27. The van der Waals surface area contributed by atoms with Crippen LogP contribution in [0, 0.1) is 6.92 Å². The third kappa shape index (κ3) is 6.64. The molecule has 3 rings (SSSR count). The van der Waals surface area contributed by atoms with Crippen LogP contribution in [-0.4, -0.2) is 47.3 Å². The number of rotatable bonds is 7. The Balaban J connectivity index is 1.84. The molecule has 0 bridgehead atoms. The van der Waals surface area contributed by atoms with E-state index in [2.05, 4.69) is 10.6 Å². The van der Waals surface area contributed by atoms with Gasteiger partial charge in [0.1, 0.15) is 5.75 Å². The van der Waals surface area contributed by atoms with Crippen molar-refractivity contribution in [3.05, 3.63) is 63.2 Å². The first kappa shape index (κ1) is 25.8. The van der Waals surface area contributed by atoms with Gasteiger partial charge in [-0.3, -0.25) is 9.69 Å². The summed E-state index contributed by atoms with van der Waals surface area (Å²) in [5.74, 6) is -0.240. The van der Waals surface area contributed by atoms with Crippen LogP contribution in [0.25, 0.3) is 0 Å². The van der Waals surface area contributed by atoms with Gasteiger partial charge in [-0.1, -0.05) is 11.6 Å². The number of hydrogen-bond donors (Lipinski definition) is 2. The molecule has 2 N–H and O–H groups in total. The summed E-state index contributed by atoms with van der Waals surface area (Å²) in [5.41, 5.74) is 0.324. The first-order valence-electron chi connectivity index (χ1n) is 10.7. The molecule has 1 atom stereocenters. The van der Waals surface area contributed by atoms with E-state index in [1.54, 1.807) is 32.0 Å². The van der Waals surface area contributed by atoms with Gasteiger partial charge in [0.15, 0.2) is 4.90 Å². The Bertz CT molecular complexity index is 998. The van der Waals surface area contributed by atoms with Crippen LogP contribution in [0.2, 0.25) is 5.02 Å². The van der Waals surface area contributed by atoms with Crippen LogP contribution in [0.1, 0.15) is 39.5 Å². The van der Waals surface area contributed by atoms with E-state index < -0.39 is 28.8 Å². The van der Waals surface area contributed by atoms with Gasteiger partial charge in [0.2, 0.25) is 0 Å². The number of benzene rings is 2. The topological polar surface area (TPSA) is 67.4 Å². The average molecular weight is 502 g/mol. The Morgan fingerprint density at radius 3 is 2.58 bits per heavy atom. The number of carbonyl (C=O) groups excluding carboxylic acids is 1. The summed E-state index contributed by atoms with van der Waals surface area (Å²) < 4.78 is 54.0. The maximum absolute atomic E-state index is 13.9. The van der Waals surface area contributed by atoms with E-state index in [1.165, 1.54) is 6.07 Å². The fraction of sp³-hybridized carbons (Fsp3) is 0.435. The number of alkyl halides is 3. The molecule has 2 aromatic rings. The average Bonchev–Trinajstić information content (AvgIpc) is 2.78. The van der Waals surface area contributed by atoms with Gasteiger partial charge >= 0.3 is 6.18 Å². The molecule has 1 fully saturated rings. The van der Waals surface area contributed by atoms with Crippen LogP contribution < -0.4 is 10.6 Å². The van der Waals surface area contributed by atoms with Crippen LogP contribution in [-0.2, 0) is 30.4 Å². The number of hydrogen-bond acceptors (Lipinski definition) is 4. The Morgan fingerprint density at radius 1 is 1.24 bits per heavy atom. The van der Waals surface area contributed by atoms with E-state index in [9.17, 15) is 22.5 Å². The minimum atomic E-state index is -4.58. The van der Waals surface area contributed by atoms with Crippen molar-refractivity contribution in [3.8, 4) is 0 Å². The zero-order chi connectivity index (χ0) is 24.2. The van der Waals surface area contributed by atoms with Crippen LogP contribution in [0.5, 0.6) is 0 Å². The largest absolute Gasteiger partial charge is 0.611 e. The summed E-state index contributed by atoms with van der Waals surface area (Å²) in [7, 11) is 0. The summed E-state index contributed by atoms with van der Waals surface area (Å²) in [5, 5.41) is 6.26. The van der Waals surface area contributed by atoms with E-state index in [0.29, 0.717) is 39.9 Å². The van der Waals surface area contributed by atoms with Crippen molar-refractivity contribution in [1.82, 2.24) is 15.5 Å².